The Morgan fingerprint density at radius 1 is 1.32 bits per heavy atom. The molecule has 25 heavy (non-hydrogen) atoms. The summed E-state index contributed by atoms with van der Waals surface area (Å²) in [5, 5.41) is 21.0. The lowest BCUT2D eigenvalue weighted by molar-refractivity contribution is -0.384. The number of hydrogen-bond acceptors (Lipinski definition) is 4. The van der Waals surface area contributed by atoms with Crippen LogP contribution in [0.25, 0.3) is 0 Å². The highest BCUT2D eigenvalue weighted by Crippen LogP contribution is 2.60. The van der Waals surface area contributed by atoms with Crippen LogP contribution in [-0.2, 0) is 11.2 Å². The summed E-state index contributed by atoms with van der Waals surface area (Å²) in [6, 6.07) is 5.21. The van der Waals surface area contributed by atoms with E-state index in [1.807, 2.05) is 6.07 Å². The van der Waals surface area contributed by atoms with Gasteiger partial charge in [-0.2, -0.15) is 0 Å². The van der Waals surface area contributed by atoms with Gasteiger partial charge < -0.3 is 10.0 Å². The van der Waals surface area contributed by atoms with E-state index >= 15 is 0 Å². The molecule has 1 saturated carbocycles. The summed E-state index contributed by atoms with van der Waals surface area (Å²) in [5.41, 5.74) is 1.98. The Hall–Kier alpha value is -2.11. The molecule has 1 aromatic rings. The van der Waals surface area contributed by atoms with Gasteiger partial charge in [-0.05, 0) is 48.1 Å². The molecule has 6 heteroatoms. The maximum absolute atomic E-state index is 12.1. The first-order chi connectivity index (χ1) is 11.6. The summed E-state index contributed by atoms with van der Waals surface area (Å²) in [6.45, 7) is 6.77. The molecule has 1 N–H and O–H groups in total. The topological polar surface area (TPSA) is 83.7 Å². The predicted molar refractivity (Wildman–Crippen MR) is 93.7 cm³/mol. The van der Waals surface area contributed by atoms with Crippen molar-refractivity contribution in [3.63, 3.8) is 0 Å². The Kier molecular flexibility index (Phi) is 3.25. The smallest absolute Gasteiger partial charge is 0.308 e. The highest BCUT2D eigenvalue weighted by molar-refractivity contribution is 5.76. The van der Waals surface area contributed by atoms with Gasteiger partial charge in [-0.1, -0.05) is 20.8 Å². The van der Waals surface area contributed by atoms with Gasteiger partial charge in [-0.25, -0.2) is 0 Å². The molecule has 0 spiro atoms. The number of benzene rings is 1. The third-order valence-corrected chi connectivity index (χ3v) is 6.47. The second-order valence-electron chi connectivity index (χ2n) is 9.13. The molecule has 1 aromatic carbocycles. The maximum atomic E-state index is 12.1. The number of nitro benzene ring substituents is 1. The van der Waals surface area contributed by atoms with Crippen molar-refractivity contribution >= 4 is 17.3 Å². The van der Waals surface area contributed by atoms with E-state index in [4.69, 9.17) is 0 Å². The van der Waals surface area contributed by atoms with E-state index in [0.29, 0.717) is 12.5 Å². The Bertz CT molecular complexity index is 775. The zero-order valence-electron chi connectivity index (χ0n) is 14.9. The number of carboxylic acids is 1. The fourth-order valence-corrected chi connectivity index (χ4v) is 6.17. The van der Waals surface area contributed by atoms with Gasteiger partial charge in [0.1, 0.15) is 0 Å². The van der Waals surface area contributed by atoms with E-state index in [-0.39, 0.29) is 22.6 Å². The highest BCUT2D eigenvalue weighted by Gasteiger charge is 2.60. The van der Waals surface area contributed by atoms with E-state index in [2.05, 4.69) is 25.7 Å². The first-order valence-corrected chi connectivity index (χ1v) is 8.90. The average Bonchev–Trinajstić information content (AvgIpc) is 2.72. The van der Waals surface area contributed by atoms with Gasteiger partial charge >= 0.3 is 5.97 Å². The first-order valence-electron chi connectivity index (χ1n) is 8.90. The Morgan fingerprint density at radius 2 is 2.04 bits per heavy atom. The molecular formula is C19H24N2O4. The molecule has 0 radical (unpaired) electrons. The molecule has 134 valence electrons. The zero-order chi connectivity index (χ0) is 18.1. The third kappa shape index (κ3) is 2.34. The van der Waals surface area contributed by atoms with Gasteiger partial charge in [0.25, 0.3) is 5.69 Å². The molecule has 1 saturated heterocycles. The van der Waals surface area contributed by atoms with Gasteiger partial charge in [0.2, 0.25) is 0 Å². The number of carbonyl (C=O) groups is 1. The molecule has 0 amide bonds. The number of hydrogen-bond donors (Lipinski definition) is 1. The van der Waals surface area contributed by atoms with E-state index in [1.165, 1.54) is 0 Å². The largest absolute Gasteiger partial charge is 0.481 e. The minimum absolute atomic E-state index is 0.0328. The number of anilines is 1. The predicted octanol–water partition coefficient (Wildman–Crippen LogP) is 3.63. The Labute approximate surface area is 147 Å². The number of aliphatic carboxylic acids is 1. The average molecular weight is 344 g/mol. The summed E-state index contributed by atoms with van der Waals surface area (Å²) in [7, 11) is 0. The SMILES string of the molecule is CC1(C)C[C@H]2C[C@@](C)(C1)[C@@H]1[C@@H](C(=O)O)Cc3cc([N+](=O)[O-])ccc3N21. The van der Waals surface area contributed by atoms with Gasteiger partial charge in [-0.3, -0.25) is 14.9 Å². The summed E-state index contributed by atoms with van der Waals surface area (Å²) >= 11 is 0. The van der Waals surface area contributed by atoms with Crippen LogP contribution in [0, 0.1) is 26.9 Å². The molecular weight excluding hydrogens is 320 g/mol. The molecule has 3 aliphatic rings. The van der Waals surface area contributed by atoms with Crippen molar-refractivity contribution in [2.45, 2.75) is 58.5 Å². The van der Waals surface area contributed by atoms with Crippen molar-refractivity contribution in [2.75, 3.05) is 4.90 Å². The van der Waals surface area contributed by atoms with Crippen molar-refractivity contribution in [1.29, 1.82) is 0 Å². The van der Waals surface area contributed by atoms with Crippen LogP contribution in [0.15, 0.2) is 18.2 Å². The van der Waals surface area contributed by atoms with Gasteiger partial charge in [0.15, 0.2) is 0 Å². The Morgan fingerprint density at radius 3 is 2.68 bits per heavy atom. The van der Waals surface area contributed by atoms with Crippen LogP contribution in [0.5, 0.6) is 0 Å². The van der Waals surface area contributed by atoms with Crippen LogP contribution in [0.4, 0.5) is 11.4 Å². The van der Waals surface area contributed by atoms with Crippen molar-refractivity contribution in [3.8, 4) is 0 Å². The fourth-order valence-electron chi connectivity index (χ4n) is 6.17. The summed E-state index contributed by atoms with van der Waals surface area (Å²) < 4.78 is 0. The minimum atomic E-state index is -0.793. The van der Waals surface area contributed by atoms with Crippen LogP contribution in [0.2, 0.25) is 0 Å². The molecule has 0 aromatic heterocycles. The quantitative estimate of drug-likeness (QED) is 0.654. The van der Waals surface area contributed by atoms with Crippen LogP contribution in [0.1, 0.15) is 45.6 Å². The number of carboxylic acid groups (broad SMARTS) is 1. The minimum Gasteiger partial charge on any atom is -0.481 e. The number of rotatable bonds is 2. The van der Waals surface area contributed by atoms with Crippen LogP contribution < -0.4 is 4.90 Å². The molecule has 4 atom stereocenters. The molecule has 2 aliphatic heterocycles. The number of nitrogens with zero attached hydrogens (tertiary/aromatic N) is 2. The van der Waals surface area contributed by atoms with Crippen LogP contribution in [-0.4, -0.2) is 28.1 Å². The van der Waals surface area contributed by atoms with Crippen LogP contribution in [0.3, 0.4) is 0 Å². The Balaban J connectivity index is 1.87. The first kappa shape index (κ1) is 16.4. The number of non-ortho nitro benzene ring substituents is 1. The van der Waals surface area contributed by atoms with Crippen LogP contribution >= 0.6 is 0 Å². The van der Waals surface area contributed by atoms with E-state index in [0.717, 1.165) is 30.5 Å². The lowest BCUT2D eigenvalue weighted by Gasteiger charge is -2.44. The molecule has 1 aliphatic carbocycles. The van der Waals surface area contributed by atoms with Crippen molar-refractivity contribution in [2.24, 2.45) is 16.7 Å². The maximum Gasteiger partial charge on any atom is 0.308 e. The standard InChI is InChI=1S/C19H24N2O4/c1-18(2)8-13-9-19(3,10-18)16-14(17(22)23)7-11-6-12(21(24)25)4-5-15(11)20(13)16/h4-6,13-14,16H,7-10H2,1-3H3,(H,22,23)/t13-,14-,16-,19-/m0/s1. The zero-order valence-corrected chi connectivity index (χ0v) is 14.9. The fraction of sp³-hybridized carbons (Fsp3) is 0.632. The molecule has 2 bridgehead atoms. The van der Waals surface area contributed by atoms with Crippen molar-refractivity contribution in [3.05, 3.63) is 33.9 Å². The monoisotopic (exact) mass is 344 g/mol. The van der Waals surface area contributed by atoms with Crippen molar-refractivity contribution < 1.29 is 14.8 Å². The number of nitro groups is 1. The summed E-state index contributed by atoms with van der Waals surface area (Å²) in [4.78, 5) is 25.1. The summed E-state index contributed by atoms with van der Waals surface area (Å²) in [6.07, 6.45) is 3.42. The normalized spacial score (nSPS) is 35.0. The molecule has 0 unspecified atom stereocenters. The summed E-state index contributed by atoms with van der Waals surface area (Å²) in [5.74, 6) is -1.31. The van der Waals surface area contributed by atoms with Crippen molar-refractivity contribution in [1.82, 2.24) is 0 Å². The molecule has 6 nitrogen and oxygen atoms in total. The molecule has 2 fully saturated rings. The van der Waals surface area contributed by atoms with E-state index < -0.39 is 16.8 Å². The van der Waals surface area contributed by atoms with Gasteiger partial charge in [-0.15, -0.1) is 0 Å². The molecule has 4 rings (SSSR count). The lowest BCUT2D eigenvalue weighted by Crippen LogP contribution is -2.51. The van der Waals surface area contributed by atoms with Gasteiger partial charge in [0, 0.05) is 29.9 Å². The second kappa shape index (κ2) is 4.96. The van der Waals surface area contributed by atoms with E-state index in [9.17, 15) is 20.0 Å². The lowest BCUT2D eigenvalue weighted by atomic mass is 9.61. The van der Waals surface area contributed by atoms with Gasteiger partial charge in [0.05, 0.1) is 10.8 Å². The second-order valence-corrected chi connectivity index (χ2v) is 9.13. The third-order valence-electron chi connectivity index (χ3n) is 6.47. The highest BCUT2D eigenvalue weighted by atomic mass is 16.6. The molecule has 2 heterocycles. The van der Waals surface area contributed by atoms with E-state index in [1.54, 1.807) is 12.1 Å². The number of fused-ring (bicyclic) bond motifs is 7.